The zero-order chi connectivity index (χ0) is 17.2. The Kier molecular flexibility index (Phi) is 3.36. The van der Waals surface area contributed by atoms with E-state index in [2.05, 4.69) is 26.0 Å². The van der Waals surface area contributed by atoms with Gasteiger partial charge in [-0.25, -0.2) is 4.90 Å². The summed E-state index contributed by atoms with van der Waals surface area (Å²) in [6.45, 7) is 4.10. The van der Waals surface area contributed by atoms with Crippen molar-refractivity contribution in [1.82, 2.24) is 0 Å². The van der Waals surface area contributed by atoms with Crippen molar-refractivity contribution in [2.24, 2.45) is 23.7 Å². The zero-order valence-electron chi connectivity index (χ0n) is 13.7. The van der Waals surface area contributed by atoms with Crippen LogP contribution >= 0.6 is 11.6 Å². The van der Waals surface area contributed by atoms with Crippen LogP contribution in [0.15, 0.2) is 41.5 Å². The number of imide groups is 1. The molecule has 5 heteroatoms. The van der Waals surface area contributed by atoms with Crippen molar-refractivity contribution in [3.05, 3.63) is 46.5 Å². The van der Waals surface area contributed by atoms with Crippen molar-refractivity contribution in [2.75, 3.05) is 12.0 Å². The molecule has 1 heterocycles. The number of anilines is 1. The zero-order valence-corrected chi connectivity index (χ0v) is 14.5. The topological polar surface area (TPSA) is 46.6 Å². The number of nitrogens with zero attached hydrogens (tertiary/aromatic N) is 1. The Bertz CT molecular complexity index is 788. The lowest BCUT2D eigenvalue weighted by molar-refractivity contribution is -0.123. The smallest absolute Gasteiger partial charge is 0.238 e. The van der Waals surface area contributed by atoms with E-state index in [1.54, 1.807) is 18.2 Å². The first-order valence-corrected chi connectivity index (χ1v) is 8.40. The Labute approximate surface area is 145 Å². The third kappa shape index (κ3) is 1.86. The maximum absolute atomic E-state index is 13.1. The molecule has 1 aromatic carbocycles. The molecule has 4 unspecified atom stereocenters. The third-order valence-corrected chi connectivity index (χ3v) is 5.61. The second-order valence-electron chi connectivity index (χ2n) is 6.77. The predicted molar refractivity (Wildman–Crippen MR) is 92.0 cm³/mol. The van der Waals surface area contributed by atoms with E-state index in [9.17, 15) is 9.59 Å². The number of hydrogen-bond acceptors (Lipinski definition) is 3. The van der Waals surface area contributed by atoms with Crippen molar-refractivity contribution < 1.29 is 14.3 Å². The van der Waals surface area contributed by atoms with E-state index < -0.39 is 0 Å². The Morgan fingerprint density at radius 2 is 1.67 bits per heavy atom. The van der Waals surface area contributed by atoms with Gasteiger partial charge in [-0.2, -0.15) is 0 Å². The molecule has 1 aliphatic heterocycles. The SMILES string of the molecule is COc1ccc(Cl)cc1N1C(=O)C2C3C=CC(C3=C(C)C)C2C1=O. The summed E-state index contributed by atoms with van der Waals surface area (Å²) in [7, 11) is 1.52. The van der Waals surface area contributed by atoms with Gasteiger partial charge in [0.1, 0.15) is 5.75 Å². The number of carbonyl (C=O) groups excluding carboxylic acids is 2. The lowest BCUT2D eigenvalue weighted by atomic mass is 9.85. The van der Waals surface area contributed by atoms with Gasteiger partial charge in [0.25, 0.3) is 0 Å². The summed E-state index contributed by atoms with van der Waals surface area (Å²) in [6.07, 6.45) is 4.16. The van der Waals surface area contributed by atoms with Crippen molar-refractivity contribution in [1.29, 1.82) is 0 Å². The monoisotopic (exact) mass is 343 g/mol. The molecule has 2 fully saturated rings. The van der Waals surface area contributed by atoms with E-state index in [4.69, 9.17) is 16.3 Å². The van der Waals surface area contributed by atoms with Crippen LogP contribution < -0.4 is 9.64 Å². The molecule has 2 amide bonds. The summed E-state index contributed by atoms with van der Waals surface area (Å²) in [6, 6.07) is 4.98. The first-order chi connectivity index (χ1) is 11.5. The van der Waals surface area contributed by atoms with Crippen LogP contribution in [0.3, 0.4) is 0 Å². The van der Waals surface area contributed by atoms with Crippen LogP contribution in [0, 0.1) is 23.7 Å². The normalized spacial score (nSPS) is 30.3. The predicted octanol–water partition coefficient (Wildman–Crippen LogP) is 3.61. The molecule has 1 aromatic rings. The molecule has 2 aliphatic carbocycles. The number of ether oxygens (including phenoxy) is 1. The van der Waals surface area contributed by atoms with Crippen LogP contribution in [0.4, 0.5) is 5.69 Å². The van der Waals surface area contributed by atoms with E-state index in [0.717, 1.165) is 0 Å². The number of carbonyl (C=O) groups is 2. The highest BCUT2D eigenvalue weighted by Gasteiger charge is 2.62. The van der Waals surface area contributed by atoms with E-state index in [1.807, 2.05) is 0 Å². The summed E-state index contributed by atoms with van der Waals surface area (Å²) < 4.78 is 5.33. The van der Waals surface area contributed by atoms with Gasteiger partial charge >= 0.3 is 0 Å². The first-order valence-electron chi connectivity index (χ1n) is 8.02. The molecule has 1 saturated carbocycles. The maximum Gasteiger partial charge on any atom is 0.238 e. The average molecular weight is 344 g/mol. The minimum atomic E-state index is -0.305. The Hall–Kier alpha value is -2.07. The van der Waals surface area contributed by atoms with Gasteiger partial charge in [0.15, 0.2) is 0 Å². The fourth-order valence-corrected chi connectivity index (χ4v) is 4.67. The lowest BCUT2D eigenvalue weighted by Crippen LogP contribution is -2.33. The van der Waals surface area contributed by atoms with Crippen LogP contribution in [0.1, 0.15) is 13.8 Å². The Morgan fingerprint density at radius 3 is 2.17 bits per heavy atom. The van der Waals surface area contributed by atoms with Gasteiger partial charge in [0, 0.05) is 16.9 Å². The van der Waals surface area contributed by atoms with Gasteiger partial charge in [-0.1, -0.05) is 34.9 Å². The van der Waals surface area contributed by atoms with E-state index in [-0.39, 0.29) is 35.5 Å². The number of halogens is 1. The van der Waals surface area contributed by atoms with Gasteiger partial charge < -0.3 is 4.74 Å². The quantitative estimate of drug-likeness (QED) is 0.609. The van der Waals surface area contributed by atoms with E-state index in [0.29, 0.717) is 16.5 Å². The summed E-state index contributed by atoms with van der Waals surface area (Å²) in [5, 5.41) is 0.467. The third-order valence-electron chi connectivity index (χ3n) is 5.37. The second kappa shape index (κ2) is 5.21. The van der Waals surface area contributed by atoms with Crippen LogP contribution in [0.25, 0.3) is 0 Å². The van der Waals surface area contributed by atoms with Gasteiger partial charge in [0.05, 0.1) is 24.6 Å². The molecule has 0 N–H and O–H groups in total. The molecule has 1 saturated heterocycles. The molecule has 24 heavy (non-hydrogen) atoms. The minimum Gasteiger partial charge on any atom is -0.495 e. The number of allylic oxidation sites excluding steroid dienone is 4. The number of amides is 2. The molecular formula is C19H18ClNO3. The second-order valence-corrected chi connectivity index (χ2v) is 7.21. The van der Waals surface area contributed by atoms with Crippen molar-refractivity contribution >= 4 is 29.1 Å². The molecule has 4 atom stereocenters. The number of methoxy groups -OCH3 is 1. The molecule has 0 radical (unpaired) electrons. The summed E-state index contributed by atoms with van der Waals surface area (Å²) in [5.41, 5.74) is 2.88. The molecule has 4 rings (SSSR count). The number of rotatable bonds is 2. The van der Waals surface area contributed by atoms with Crippen LogP contribution in [0.5, 0.6) is 5.75 Å². The van der Waals surface area contributed by atoms with E-state index in [1.165, 1.54) is 23.2 Å². The fourth-order valence-electron chi connectivity index (χ4n) is 4.51. The van der Waals surface area contributed by atoms with Gasteiger partial charge in [0.2, 0.25) is 11.8 Å². The maximum atomic E-state index is 13.1. The average Bonchev–Trinajstić information content (AvgIpc) is 3.17. The lowest BCUT2D eigenvalue weighted by Gasteiger charge is -2.21. The number of benzene rings is 1. The summed E-state index contributed by atoms with van der Waals surface area (Å²) in [4.78, 5) is 27.4. The molecule has 4 nitrogen and oxygen atoms in total. The van der Waals surface area contributed by atoms with Crippen molar-refractivity contribution in [2.45, 2.75) is 13.8 Å². The highest BCUT2D eigenvalue weighted by Crippen LogP contribution is 2.57. The number of fused-ring (bicyclic) bond motifs is 5. The highest BCUT2D eigenvalue weighted by molar-refractivity contribution is 6.31. The van der Waals surface area contributed by atoms with Crippen molar-refractivity contribution in [3.63, 3.8) is 0 Å². The van der Waals surface area contributed by atoms with Crippen LogP contribution in [0.2, 0.25) is 5.02 Å². The summed E-state index contributed by atoms with van der Waals surface area (Å²) >= 11 is 6.08. The molecular weight excluding hydrogens is 326 g/mol. The van der Waals surface area contributed by atoms with Crippen LogP contribution in [-0.4, -0.2) is 18.9 Å². The first kappa shape index (κ1) is 15.5. The Balaban J connectivity index is 1.80. The Morgan fingerprint density at radius 1 is 1.08 bits per heavy atom. The van der Waals surface area contributed by atoms with Gasteiger partial charge in [-0.3, -0.25) is 9.59 Å². The minimum absolute atomic E-state index is 0.0385. The largest absolute Gasteiger partial charge is 0.495 e. The molecule has 0 spiro atoms. The van der Waals surface area contributed by atoms with Gasteiger partial charge in [-0.15, -0.1) is 0 Å². The van der Waals surface area contributed by atoms with Crippen molar-refractivity contribution in [3.8, 4) is 5.75 Å². The molecule has 124 valence electrons. The van der Waals surface area contributed by atoms with Crippen LogP contribution in [-0.2, 0) is 9.59 Å². The number of hydrogen-bond donors (Lipinski definition) is 0. The summed E-state index contributed by atoms with van der Waals surface area (Å²) in [5.74, 6) is -0.360. The van der Waals surface area contributed by atoms with Gasteiger partial charge in [-0.05, 0) is 32.0 Å². The molecule has 0 aromatic heterocycles. The molecule has 3 aliphatic rings. The standard InChI is InChI=1S/C19H18ClNO3/c1-9(2)15-11-5-6-12(15)17-16(11)18(22)21(19(17)23)13-8-10(20)4-7-14(13)24-3/h4-8,11-12,16-17H,1-3H3. The molecule has 2 bridgehead atoms. The van der Waals surface area contributed by atoms with E-state index >= 15 is 0 Å². The highest BCUT2D eigenvalue weighted by atomic mass is 35.5. The fraction of sp³-hybridized carbons (Fsp3) is 0.368.